The van der Waals surface area contributed by atoms with E-state index >= 15 is 0 Å². The third kappa shape index (κ3) is 10.4. The third-order valence-corrected chi connectivity index (χ3v) is 5.48. The lowest BCUT2D eigenvalue weighted by Gasteiger charge is -2.43. The number of benzene rings is 1. The Morgan fingerprint density at radius 2 is 0.903 bits per heavy atom. The lowest BCUT2D eigenvalue weighted by Crippen LogP contribution is -2.80. The summed E-state index contributed by atoms with van der Waals surface area (Å²) in [6.45, 7) is 1.56. The Balaban J connectivity index is 0.000000929. The number of anilines is 2. The second-order valence-electron chi connectivity index (χ2n) is 7.91. The molecule has 0 amide bonds. The first kappa shape index (κ1) is 31.2. The van der Waals surface area contributed by atoms with Crippen molar-refractivity contribution in [1.82, 2.24) is 0 Å². The summed E-state index contributed by atoms with van der Waals surface area (Å²) in [6, 6.07) is 7.09. The zero-order chi connectivity index (χ0) is 24.5. The van der Waals surface area contributed by atoms with Gasteiger partial charge in [0, 0.05) is 168 Å². The average molecular weight is 361 g/mol. The summed E-state index contributed by atoms with van der Waals surface area (Å²) < 4.78 is 0. The molecular formula is C7H11B22N2. The number of hydrogen-bond acceptors (Lipinski definition) is 2. The van der Waals surface area contributed by atoms with Gasteiger partial charge in [-0.1, -0.05) is 0 Å². The number of hydrogen-bond donors (Lipinski definition) is 2. The molecule has 0 spiro atoms. The zero-order valence-electron chi connectivity index (χ0n) is 18.2. The molecule has 115 valence electrons. The van der Waals surface area contributed by atoms with Crippen LogP contribution in [0.25, 0.3) is 0 Å². The molecule has 23 radical (unpaired) electrons. The second-order valence-corrected chi connectivity index (χ2v) is 7.91. The number of rotatable bonds is 10. The van der Waals surface area contributed by atoms with Gasteiger partial charge in [-0.3, -0.25) is 0 Å². The molecule has 0 fully saturated rings. The van der Waals surface area contributed by atoms with Crippen LogP contribution < -0.4 is 11.5 Å². The summed E-state index contributed by atoms with van der Waals surface area (Å²) in [4.78, 5) is 0. The molecule has 31 heavy (non-hydrogen) atoms. The van der Waals surface area contributed by atoms with E-state index in [4.69, 9.17) is 96.6 Å². The van der Waals surface area contributed by atoms with E-state index in [2.05, 4.69) is 0 Å². The van der Waals surface area contributed by atoms with E-state index in [0.29, 0.717) is 0 Å². The van der Waals surface area contributed by atoms with Crippen LogP contribution >= 0.6 is 0 Å². The first-order valence-corrected chi connectivity index (χ1v) is 9.98. The van der Waals surface area contributed by atoms with Crippen molar-refractivity contribution < 1.29 is 0 Å². The molecule has 0 saturated heterocycles. The van der Waals surface area contributed by atoms with Crippen molar-refractivity contribution in [3.05, 3.63) is 24.3 Å². The van der Waals surface area contributed by atoms with Crippen LogP contribution in [-0.4, -0.2) is 156 Å². The van der Waals surface area contributed by atoms with E-state index < -0.39 is 57.5 Å². The molecule has 0 atom stereocenters. The van der Waals surface area contributed by atoms with E-state index in [1.807, 2.05) is 6.82 Å². The predicted octanol–water partition coefficient (Wildman–Crippen LogP) is -6.94. The topological polar surface area (TPSA) is 52.0 Å². The molecule has 0 heterocycles. The SMILES string of the molecule is Nc1ccc(N)cc1.[B][B]B(B([B])[B])B(B(C)B(B([B])[B])B([B])[B])B(B([B])[B])B([B])[B]. The van der Waals surface area contributed by atoms with Crippen LogP contribution in [0.3, 0.4) is 0 Å². The maximum absolute atomic E-state index is 5.88. The minimum atomic E-state index is -0.827. The van der Waals surface area contributed by atoms with Crippen LogP contribution in [0.4, 0.5) is 11.4 Å². The molecule has 2 nitrogen and oxygen atoms in total. The highest BCUT2D eigenvalue weighted by Gasteiger charge is 2.45. The molecule has 0 aliphatic heterocycles. The van der Waals surface area contributed by atoms with Crippen LogP contribution in [0.1, 0.15) is 0 Å². The molecule has 0 aliphatic rings. The summed E-state index contributed by atoms with van der Waals surface area (Å²) in [5.41, 5.74) is 12.2. The summed E-state index contributed by atoms with van der Waals surface area (Å²) in [6.07, 6.45) is -5.90. The van der Waals surface area contributed by atoms with Gasteiger partial charge in [0.25, 0.3) is 0 Å². The van der Waals surface area contributed by atoms with Crippen LogP contribution in [0.5, 0.6) is 0 Å². The van der Waals surface area contributed by atoms with Crippen LogP contribution in [0.15, 0.2) is 24.3 Å². The molecule has 0 saturated carbocycles. The highest BCUT2D eigenvalue weighted by atomic mass is 14.6. The molecule has 0 bridgehead atoms. The Bertz CT molecular complexity index is 557. The minimum absolute atomic E-state index is 0.288. The molecule has 1 rings (SSSR count). The Kier molecular flexibility index (Phi) is 15.3. The molecule has 24 heteroatoms. The molecular weight excluding hydrogens is 350 g/mol. The quantitative estimate of drug-likeness (QED) is 0.322. The molecule has 0 aliphatic carbocycles. The van der Waals surface area contributed by atoms with Gasteiger partial charge >= 0.3 is 0 Å². The van der Waals surface area contributed by atoms with Gasteiger partial charge in [-0.15, -0.1) is 6.82 Å². The normalized spacial score (nSPS) is 9.19. The zero-order valence-corrected chi connectivity index (χ0v) is 18.2. The van der Waals surface area contributed by atoms with Gasteiger partial charge in [0.15, 0.2) is 0 Å². The molecule has 1 aromatic carbocycles. The molecule has 1 aromatic rings. The summed E-state index contributed by atoms with van der Waals surface area (Å²) in [5, 5.41) is 0. The van der Waals surface area contributed by atoms with Crippen LogP contribution in [-0.2, 0) is 0 Å². The Morgan fingerprint density at radius 1 is 0.581 bits per heavy atom. The van der Waals surface area contributed by atoms with Gasteiger partial charge < -0.3 is 11.5 Å². The third-order valence-electron chi connectivity index (χ3n) is 5.48. The smallest absolute Gasteiger partial charge is 0.0413 e. The molecule has 0 unspecified atom stereocenters. The summed E-state index contributed by atoms with van der Waals surface area (Å²) in [5.74, 6) is 0. The first-order chi connectivity index (χ1) is 14.3. The van der Waals surface area contributed by atoms with Crippen molar-refractivity contribution in [2.45, 2.75) is 6.82 Å². The molecule has 4 N–H and O–H groups in total. The Hall–Kier alpha value is 0.249. The summed E-state index contributed by atoms with van der Waals surface area (Å²) in [7, 11) is 65.7. The average Bonchev–Trinajstić information content (AvgIpc) is 2.62. The van der Waals surface area contributed by atoms with Crippen molar-refractivity contribution in [3.8, 4) is 0 Å². The highest BCUT2D eigenvalue weighted by Crippen LogP contribution is 2.09. The number of nitrogens with two attached hydrogens (primary N) is 2. The Labute approximate surface area is 209 Å². The largest absolute Gasteiger partial charge is 0.399 e. The van der Waals surface area contributed by atoms with Gasteiger partial charge in [0.2, 0.25) is 0 Å². The fourth-order valence-electron chi connectivity index (χ4n) is 3.95. The van der Waals surface area contributed by atoms with Crippen molar-refractivity contribution in [2.24, 2.45) is 0 Å². The minimum Gasteiger partial charge on any atom is -0.399 e. The monoisotopic (exact) mass is 365 g/mol. The number of nitrogen functional groups attached to an aromatic ring is 2. The lowest BCUT2D eigenvalue weighted by molar-refractivity contribution is 1.67. The van der Waals surface area contributed by atoms with E-state index in [1.165, 1.54) is 7.06 Å². The van der Waals surface area contributed by atoms with Crippen LogP contribution in [0, 0.1) is 0 Å². The van der Waals surface area contributed by atoms with Crippen molar-refractivity contribution in [2.75, 3.05) is 11.5 Å². The van der Waals surface area contributed by atoms with Gasteiger partial charge in [-0.05, 0) is 24.3 Å². The fraction of sp³-hybridized carbons (Fsp3) is 0.143. The summed E-state index contributed by atoms with van der Waals surface area (Å²) >= 11 is 0. The second kappa shape index (κ2) is 15.2. The predicted molar refractivity (Wildman–Crippen MR) is 168 cm³/mol. The maximum atomic E-state index is 5.88. The highest BCUT2D eigenvalue weighted by molar-refractivity contribution is 8.17. The van der Waals surface area contributed by atoms with Gasteiger partial charge in [-0.25, -0.2) is 0 Å². The van der Waals surface area contributed by atoms with E-state index in [-0.39, 0.29) is 6.49 Å². The van der Waals surface area contributed by atoms with Crippen molar-refractivity contribution in [3.63, 3.8) is 0 Å². The van der Waals surface area contributed by atoms with E-state index in [9.17, 15) is 0 Å². The van der Waals surface area contributed by atoms with E-state index in [0.717, 1.165) is 11.4 Å². The van der Waals surface area contributed by atoms with Gasteiger partial charge in [0.05, 0.1) is 0 Å². The van der Waals surface area contributed by atoms with Crippen molar-refractivity contribution >= 4 is 168 Å². The first-order valence-electron chi connectivity index (χ1n) is 9.98. The van der Waals surface area contributed by atoms with Crippen LogP contribution in [0.2, 0.25) is 6.82 Å². The van der Waals surface area contributed by atoms with Gasteiger partial charge in [0.1, 0.15) is 0 Å². The molecule has 0 aromatic heterocycles. The maximum Gasteiger partial charge on any atom is 0.0413 e. The fourth-order valence-corrected chi connectivity index (χ4v) is 3.95. The lowest BCUT2D eigenvalue weighted by atomic mass is 8.40. The Morgan fingerprint density at radius 3 is 1.13 bits per heavy atom. The standard InChI is InChI=1S/C6H8N2.CH3B22/c7-5-1-2-6(8)4-3-5;1-14(21(16(5)6)17(7)8)22(20(13-2)15(3)4)23(18(9)10)19(11)12/h1-4H,7-8H2;1H3. The van der Waals surface area contributed by atoms with E-state index in [1.54, 1.807) is 24.3 Å². The van der Waals surface area contributed by atoms with Crippen molar-refractivity contribution in [1.29, 1.82) is 0 Å². The van der Waals surface area contributed by atoms with Gasteiger partial charge in [-0.2, -0.15) is 0 Å².